The Morgan fingerprint density at radius 3 is 2.75 bits per heavy atom. The molecule has 3 nitrogen and oxygen atoms in total. The molecule has 5 rings (SSSR count). The van der Waals surface area contributed by atoms with Crippen molar-refractivity contribution in [3.8, 4) is 0 Å². The van der Waals surface area contributed by atoms with Gasteiger partial charge in [-0.05, 0) is 74.7 Å². The van der Waals surface area contributed by atoms with Gasteiger partial charge < -0.3 is 0 Å². The Balaban J connectivity index is 1.34. The van der Waals surface area contributed by atoms with Crippen molar-refractivity contribution < 1.29 is 0 Å². The molecular formula is C20H33N3S. The Morgan fingerprint density at radius 1 is 1.04 bits per heavy atom. The molecule has 5 heterocycles. The van der Waals surface area contributed by atoms with Crippen LogP contribution in [0.2, 0.25) is 0 Å². The number of hydrogen-bond acceptors (Lipinski definition) is 4. The molecule has 1 aromatic rings. The van der Waals surface area contributed by atoms with Gasteiger partial charge in [-0.25, -0.2) is 0 Å². The Hall–Kier alpha value is -0.420. The fraction of sp³-hybridized carbons (Fsp3) is 0.800. The summed E-state index contributed by atoms with van der Waals surface area (Å²) in [5, 5.41) is 2.41. The van der Waals surface area contributed by atoms with Gasteiger partial charge in [0.1, 0.15) is 0 Å². The summed E-state index contributed by atoms with van der Waals surface area (Å²) in [5.41, 5.74) is 1.54. The minimum absolute atomic E-state index is 0.813. The third-order valence-electron chi connectivity index (χ3n) is 6.11. The van der Waals surface area contributed by atoms with E-state index in [1.165, 1.54) is 84.5 Å². The van der Waals surface area contributed by atoms with Gasteiger partial charge in [-0.1, -0.05) is 6.92 Å². The van der Waals surface area contributed by atoms with Crippen LogP contribution < -0.4 is 0 Å². The second-order valence-electron chi connectivity index (χ2n) is 8.19. The van der Waals surface area contributed by atoms with E-state index in [1.54, 1.807) is 10.4 Å². The average Bonchev–Trinajstić information content (AvgIpc) is 3.15. The van der Waals surface area contributed by atoms with Crippen LogP contribution in [0.25, 0.3) is 0 Å². The molecule has 0 radical (unpaired) electrons. The summed E-state index contributed by atoms with van der Waals surface area (Å²) >= 11 is 1.99. The zero-order valence-electron chi connectivity index (χ0n) is 15.3. The van der Waals surface area contributed by atoms with Crippen LogP contribution in [0.1, 0.15) is 49.5 Å². The first-order valence-corrected chi connectivity index (χ1v) is 10.9. The zero-order chi connectivity index (χ0) is 16.4. The molecule has 24 heavy (non-hydrogen) atoms. The number of likely N-dealkylation sites (tertiary alicyclic amines) is 1. The Labute approximate surface area is 151 Å². The maximum absolute atomic E-state index is 2.78. The highest BCUT2D eigenvalue weighted by atomic mass is 32.1. The summed E-state index contributed by atoms with van der Waals surface area (Å²) in [5.74, 6) is 0.902. The molecule has 4 fully saturated rings. The van der Waals surface area contributed by atoms with E-state index in [-0.39, 0.29) is 0 Å². The minimum atomic E-state index is 0.813. The van der Waals surface area contributed by atoms with Gasteiger partial charge in [0.25, 0.3) is 0 Å². The maximum atomic E-state index is 2.78. The van der Waals surface area contributed by atoms with Crippen molar-refractivity contribution in [1.82, 2.24) is 14.7 Å². The summed E-state index contributed by atoms with van der Waals surface area (Å²) in [6, 6.07) is 3.30. The zero-order valence-corrected chi connectivity index (χ0v) is 16.1. The Bertz CT molecular complexity index is 523. The second-order valence-corrected chi connectivity index (χ2v) is 9.19. The standard InChI is InChI=1S/C20H33N3S/c1-2-7-23-13-17-5-6-19(23)14-22(11-17)15-20-10-18(16-24-20)12-21-8-3-4-9-21/h10,16-17,19H,2-9,11-15H2,1H3/t17-,19+/m0/s1. The molecule has 0 aliphatic carbocycles. The molecule has 2 atom stereocenters. The van der Waals surface area contributed by atoms with Gasteiger partial charge in [-0.2, -0.15) is 0 Å². The molecule has 0 amide bonds. The van der Waals surface area contributed by atoms with Crippen LogP contribution in [0.3, 0.4) is 0 Å². The fourth-order valence-electron chi connectivity index (χ4n) is 4.98. The van der Waals surface area contributed by atoms with Crippen molar-refractivity contribution in [1.29, 1.82) is 0 Å². The van der Waals surface area contributed by atoms with E-state index in [9.17, 15) is 0 Å². The van der Waals surface area contributed by atoms with Crippen LogP contribution in [-0.2, 0) is 13.1 Å². The minimum Gasteiger partial charge on any atom is -0.299 e. The van der Waals surface area contributed by atoms with E-state index >= 15 is 0 Å². The van der Waals surface area contributed by atoms with Gasteiger partial charge in [0.15, 0.2) is 0 Å². The first kappa shape index (κ1) is 17.0. The third kappa shape index (κ3) is 4.04. The summed E-state index contributed by atoms with van der Waals surface area (Å²) in [4.78, 5) is 9.72. The van der Waals surface area contributed by atoms with Crippen molar-refractivity contribution in [2.24, 2.45) is 5.92 Å². The van der Waals surface area contributed by atoms with E-state index < -0.39 is 0 Å². The highest BCUT2D eigenvalue weighted by molar-refractivity contribution is 7.10. The molecule has 134 valence electrons. The number of nitrogens with zero attached hydrogens (tertiary/aromatic N) is 3. The smallest absolute Gasteiger partial charge is 0.0328 e. The predicted octanol–water partition coefficient (Wildman–Crippen LogP) is 3.65. The SMILES string of the molecule is CCCN1C[C@H]2CC[C@@H]1CN(Cc1cc(CN3CCCC3)cs1)C2. The summed E-state index contributed by atoms with van der Waals surface area (Å²) in [7, 11) is 0. The van der Waals surface area contributed by atoms with E-state index in [2.05, 4.69) is 33.1 Å². The van der Waals surface area contributed by atoms with Crippen LogP contribution in [0, 0.1) is 5.92 Å². The average molecular weight is 348 g/mol. The van der Waals surface area contributed by atoms with Gasteiger partial charge in [0, 0.05) is 43.6 Å². The maximum Gasteiger partial charge on any atom is 0.0328 e. The van der Waals surface area contributed by atoms with Crippen LogP contribution in [0.5, 0.6) is 0 Å². The lowest BCUT2D eigenvalue weighted by atomic mass is 9.95. The van der Waals surface area contributed by atoms with Gasteiger partial charge in [0.05, 0.1) is 0 Å². The lowest BCUT2D eigenvalue weighted by Gasteiger charge is -2.35. The van der Waals surface area contributed by atoms with Crippen LogP contribution in [0.15, 0.2) is 11.4 Å². The molecule has 4 aliphatic heterocycles. The Kier molecular flexibility index (Phi) is 5.57. The lowest BCUT2D eigenvalue weighted by Crippen LogP contribution is -2.44. The normalized spacial score (nSPS) is 29.4. The highest BCUT2D eigenvalue weighted by Crippen LogP contribution is 2.29. The molecular weight excluding hydrogens is 314 g/mol. The van der Waals surface area contributed by atoms with Crippen molar-refractivity contribution in [2.75, 3.05) is 39.3 Å². The van der Waals surface area contributed by atoms with Crippen molar-refractivity contribution in [2.45, 2.75) is 58.2 Å². The van der Waals surface area contributed by atoms with Gasteiger partial charge in [-0.15, -0.1) is 11.3 Å². The first-order valence-electron chi connectivity index (χ1n) is 10.0. The summed E-state index contributed by atoms with van der Waals surface area (Å²) in [6.45, 7) is 12.5. The van der Waals surface area contributed by atoms with E-state index in [0.717, 1.165) is 12.0 Å². The lowest BCUT2D eigenvalue weighted by molar-refractivity contribution is 0.131. The topological polar surface area (TPSA) is 9.72 Å². The van der Waals surface area contributed by atoms with Crippen LogP contribution in [-0.4, -0.2) is 60.0 Å². The van der Waals surface area contributed by atoms with Gasteiger partial charge in [-0.3, -0.25) is 14.7 Å². The van der Waals surface area contributed by atoms with Crippen molar-refractivity contribution in [3.63, 3.8) is 0 Å². The molecule has 0 aromatic carbocycles. The van der Waals surface area contributed by atoms with Crippen LogP contribution >= 0.6 is 11.3 Å². The van der Waals surface area contributed by atoms with E-state index in [1.807, 2.05) is 11.3 Å². The molecule has 0 unspecified atom stereocenters. The molecule has 4 saturated heterocycles. The van der Waals surface area contributed by atoms with E-state index in [4.69, 9.17) is 0 Å². The number of hydrogen-bond donors (Lipinski definition) is 0. The third-order valence-corrected chi connectivity index (χ3v) is 7.08. The largest absolute Gasteiger partial charge is 0.299 e. The number of rotatable bonds is 6. The van der Waals surface area contributed by atoms with Crippen molar-refractivity contribution in [3.05, 3.63) is 21.9 Å². The Morgan fingerprint density at radius 2 is 1.92 bits per heavy atom. The van der Waals surface area contributed by atoms with Crippen LogP contribution in [0.4, 0.5) is 0 Å². The summed E-state index contributed by atoms with van der Waals surface area (Å²) < 4.78 is 0. The number of fused-ring (bicyclic) bond motifs is 4. The molecule has 4 aliphatic rings. The first-order chi connectivity index (χ1) is 11.8. The summed E-state index contributed by atoms with van der Waals surface area (Å²) in [6.07, 6.45) is 6.95. The molecule has 2 bridgehead atoms. The monoisotopic (exact) mass is 347 g/mol. The second kappa shape index (κ2) is 7.86. The van der Waals surface area contributed by atoms with Gasteiger partial charge in [0.2, 0.25) is 0 Å². The molecule has 4 heteroatoms. The van der Waals surface area contributed by atoms with E-state index in [0.29, 0.717) is 0 Å². The molecule has 0 saturated carbocycles. The number of piperidine rings is 1. The quantitative estimate of drug-likeness (QED) is 0.778. The predicted molar refractivity (Wildman–Crippen MR) is 102 cm³/mol. The number of thiophene rings is 1. The fourth-order valence-corrected chi connectivity index (χ4v) is 5.90. The molecule has 0 N–H and O–H groups in total. The van der Waals surface area contributed by atoms with Crippen molar-refractivity contribution >= 4 is 11.3 Å². The highest BCUT2D eigenvalue weighted by Gasteiger charge is 2.34. The molecule has 1 aromatic heterocycles. The molecule has 0 spiro atoms. The van der Waals surface area contributed by atoms with Gasteiger partial charge >= 0.3 is 0 Å².